The number of carbonyl (C=O) groups excluding carboxylic acids is 1. The summed E-state index contributed by atoms with van der Waals surface area (Å²) in [6.07, 6.45) is 2.14. The van der Waals surface area contributed by atoms with Crippen LogP contribution in [0.2, 0.25) is 0 Å². The van der Waals surface area contributed by atoms with Gasteiger partial charge in [-0.1, -0.05) is 54.6 Å². The van der Waals surface area contributed by atoms with Crippen LogP contribution in [-0.4, -0.2) is 11.4 Å². The van der Waals surface area contributed by atoms with Gasteiger partial charge >= 0.3 is 0 Å². The largest absolute Gasteiger partial charge is 0.338 e. The van der Waals surface area contributed by atoms with Gasteiger partial charge in [-0.15, -0.1) is 0 Å². The minimum Gasteiger partial charge on any atom is -0.338 e. The fraction of sp³-hybridized carbons (Fsp3) is 0.300. The van der Waals surface area contributed by atoms with Crippen LogP contribution in [0.25, 0.3) is 0 Å². The number of nitrogens with one attached hydrogen (secondary N) is 1. The second-order valence-corrected chi connectivity index (χ2v) is 6.37. The van der Waals surface area contributed by atoms with Gasteiger partial charge < -0.3 is 5.32 Å². The average Bonchev–Trinajstić information content (AvgIpc) is 2.55. The normalized spacial score (nSPS) is 18.0. The molecule has 3 nitrogen and oxygen atoms in total. The van der Waals surface area contributed by atoms with E-state index in [0.717, 1.165) is 18.4 Å². The molecule has 0 unspecified atom stereocenters. The fourth-order valence-electron chi connectivity index (χ4n) is 3.04. The van der Waals surface area contributed by atoms with Crippen LogP contribution in [0, 0.1) is 11.3 Å². The van der Waals surface area contributed by atoms with E-state index in [2.05, 4.69) is 17.5 Å². The summed E-state index contributed by atoms with van der Waals surface area (Å²) in [4.78, 5) is 12.5. The Morgan fingerprint density at radius 1 is 1.22 bits per heavy atom. The summed E-state index contributed by atoms with van der Waals surface area (Å²) in [6, 6.07) is 20.3. The summed E-state index contributed by atoms with van der Waals surface area (Å²) in [5, 5.41) is 12.5. The van der Waals surface area contributed by atoms with Gasteiger partial charge in [-0.05, 0) is 42.9 Å². The first kappa shape index (κ1) is 15.3. The molecule has 0 bridgehead atoms. The Balaban J connectivity index is 1.63. The van der Waals surface area contributed by atoms with Crippen molar-refractivity contribution in [2.24, 2.45) is 0 Å². The number of nitriles is 1. The third-order valence-electron chi connectivity index (χ3n) is 4.57. The Hall–Kier alpha value is -2.60. The molecule has 116 valence electrons. The molecular weight excluding hydrogens is 284 g/mol. The number of fused-ring (bicyclic) bond motifs is 1. The first-order valence-electron chi connectivity index (χ1n) is 7.96. The zero-order chi connectivity index (χ0) is 16.3. The number of benzene rings is 2. The predicted octanol–water partition coefficient (Wildman–Crippen LogP) is 3.36. The van der Waals surface area contributed by atoms with Crippen LogP contribution in [-0.2, 0) is 17.6 Å². The number of nitrogens with zero attached hydrogens (tertiary/aromatic N) is 1. The molecule has 1 aliphatic carbocycles. The van der Waals surface area contributed by atoms with E-state index in [1.807, 2.05) is 48.5 Å². The molecular formula is C20H20N2O. The fourth-order valence-corrected chi connectivity index (χ4v) is 3.04. The Bertz CT molecular complexity index is 748. The van der Waals surface area contributed by atoms with Crippen LogP contribution in [0.3, 0.4) is 0 Å². The van der Waals surface area contributed by atoms with Gasteiger partial charge in [-0.2, -0.15) is 5.26 Å². The first-order chi connectivity index (χ1) is 11.1. The summed E-state index contributed by atoms with van der Waals surface area (Å²) in [6.45, 7) is 1.80. The van der Waals surface area contributed by atoms with Crippen LogP contribution in [0.15, 0.2) is 54.6 Å². The van der Waals surface area contributed by atoms with Gasteiger partial charge in [0.2, 0.25) is 5.91 Å². The molecule has 3 heteroatoms. The van der Waals surface area contributed by atoms with Gasteiger partial charge in [-0.3, -0.25) is 4.79 Å². The van der Waals surface area contributed by atoms with Crippen LogP contribution < -0.4 is 5.32 Å². The van der Waals surface area contributed by atoms with Crippen molar-refractivity contribution in [2.75, 3.05) is 0 Å². The first-order valence-corrected chi connectivity index (χ1v) is 7.96. The molecule has 2 aromatic carbocycles. The highest BCUT2D eigenvalue weighted by Crippen LogP contribution is 2.35. The molecule has 0 heterocycles. The second kappa shape index (κ2) is 6.26. The molecule has 2 aromatic rings. The van der Waals surface area contributed by atoms with E-state index in [9.17, 15) is 10.1 Å². The van der Waals surface area contributed by atoms with Crippen LogP contribution in [0.1, 0.15) is 36.0 Å². The van der Waals surface area contributed by atoms with E-state index in [-0.39, 0.29) is 11.8 Å². The molecule has 0 aromatic heterocycles. The number of amides is 1. The molecule has 2 atom stereocenters. The van der Waals surface area contributed by atoms with Crippen LogP contribution in [0.5, 0.6) is 0 Å². The van der Waals surface area contributed by atoms with Crippen molar-refractivity contribution < 1.29 is 4.79 Å². The molecule has 0 aliphatic heterocycles. The van der Waals surface area contributed by atoms with E-state index in [4.69, 9.17) is 0 Å². The lowest BCUT2D eigenvalue weighted by Gasteiger charge is -2.32. The number of rotatable bonds is 5. The quantitative estimate of drug-likeness (QED) is 0.921. The van der Waals surface area contributed by atoms with Crippen molar-refractivity contribution in [2.45, 2.75) is 37.6 Å². The van der Waals surface area contributed by atoms with E-state index in [1.54, 1.807) is 6.92 Å². The highest BCUT2D eigenvalue weighted by Gasteiger charge is 2.35. The van der Waals surface area contributed by atoms with Crippen LogP contribution in [0.4, 0.5) is 0 Å². The summed E-state index contributed by atoms with van der Waals surface area (Å²) in [7, 11) is 0. The maximum absolute atomic E-state index is 12.5. The number of hydrogen-bond acceptors (Lipinski definition) is 2. The molecule has 0 fully saturated rings. The van der Waals surface area contributed by atoms with Crippen LogP contribution >= 0.6 is 0 Å². The smallest absolute Gasteiger partial charge is 0.229 e. The minimum absolute atomic E-state index is 0.0409. The van der Waals surface area contributed by atoms with Gasteiger partial charge in [0.05, 0.1) is 12.0 Å². The Morgan fingerprint density at radius 3 is 2.61 bits per heavy atom. The SMILES string of the molecule is C[C@@](C#N)(CCc1ccccc1)NC(=O)[C@@H]1Cc2ccccc21. The molecule has 0 saturated heterocycles. The van der Waals surface area contributed by atoms with Gasteiger partial charge in [-0.25, -0.2) is 0 Å². The third-order valence-corrected chi connectivity index (χ3v) is 4.57. The summed E-state index contributed by atoms with van der Waals surface area (Å²) < 4.78 is 0. The minimum atomic E-state index is -0.836. The Labute approximate surface area is 137 Å². The maximum Gasteiger partial charge on any atom is 0.229 e. The van der Waals surface area contributed by atoms with Gasteiger partial charge in [0.15, 0.2) is 0 Å². The standard InChI is InChI=1S/C20H20N2O/c1-20(14-21,12-11-15-7-3-2-4-8-15)22-19(23)18-13-16-9-5-6-10-17(16)18/h2-10,18H,11-13H2,1H3,(H,22,23)/t18-,20+/m1/s1. The lowest BCUT2D eigenvalue weighted by Crippen LogP contribution is -2.48. The van der Waals surface area contributed by atoms with Gasteiger partial charge in [0.25, 0.3) is 0 Å². The number of hydrogen-bond donors (Lipinski definition) is 1. The number of carbonyl (C=O) groups is 1. The third kappa shape index (κ3) is 3.27. The van der Waals surface area contributed by atoms with E-state index >= 15 is 0 Å². The monoisotopic (exact) mass is 304 g/mol. The molecule has 23 heavy (non-hydrogen) atoms. The summed E-state index contributed by atoms with van der Waals surface area (Å²) in [5.74, 6) is -0.156. The second-order valence-electron chi connectivity index (χ2n) is 6.37. The zero-order valence-corrected chi connectivity index (χ0v) is 13.3. The summed E-state index contributed by atoms with van der Waals surface area (Å²) >= 11 is 0. The molecule has 1 aliphatic rings. The molecule has 0 saturated carbocycles. The molecule has 0 radical (unpaired) electrons. The highest BCUT2D eigenvalue weighted by atomic mass is 16.2. The Kier molecular flexibility index (Phi) is 4.16. The van der Waals surface area contributed by atoms with E-state index in [1.165, 1.54) is 11.1 Å². The lowest BCUT2D eigenvalue weighted by molar-refractivity contribution is -0.124. The van der Waals surface area contributed by atoms with Gasteiger partial charge in [0.1, 0.15) is 5.54 Å². The number of aryl methyl sites for hydroxylation is 1. The van der Waals surface area contributed by atoms with Crippen molar-refractivity contribution in [1.82, 2.24) is 5.32 Å². The maximum atomic E-state index is 12.5. The van der Waals surface area contributed by atoms with Crippen molar-refractivity contribution in [1.29, 1.82) is 5.26 Å². The van der Waals surface area contributed by atoms with E-state index < -0.39 is 5.54 Å². The molecule has 3 rings (SSSR count). The molecule has 1 amide bonds. The lowest BCUT2D eigenvalue weighted by atomic mass is 9.76. The topological polar surface area (TPSA) is 52.9 Å². The van der Waals surface area contributed by atoms with Crippen molar-refractivity contribution >= 4 is 5.91 Å². The average molecular weight is 304 g/mol. The highest BCUT2D eigenvalue weighted by molar-refractivity contribution is 5.87. The van der Waals surface area contributed by atoms with E-state index in [0.29, 0.717) is 6.42 Å². The summed E-state index contributed by atoms with van der Waals surface area (Å²) in [5.41, 5.74) is 2.67. The van der Waals surface area contributed by atoms with Crippen molar-refractivity contribution in [3.8, 4) is 6.07 Å². The van der Waals surface area contributed by atoms with Gasteiger partial charge in [0, 0.05) is 0 Å². The zero-order valence-electron chi connectivity index (χ0n) is 13.3. The van der Waals surface area contributed by atoms with Crippen molar-refractivity contribution in [3.63, 3.8) is 0 Å². The molecule has 0 spiro atoms. The van der Waals surface area contributed by atoms with Crippen molar-refractivity contribution in [3.05, 3.63) is 71.3 Å². The molecule has 1 N–H and O–H groups in total. The predicted molar refractivity (Wildman–Crippen MR) is 89.8 cm³/mol. The Morgan fingerprint density at radius 2 is 1.91 bits per heavy atom.